The molecule has 32 heavy (non-hydrogen) atoms. The summed E-state index contributed by atoms with van der Waals surface area (Å²) in [5, 5.41) is 32.0. The lowest BCUT2D eigenvalue weighted by Gasteiger charge is -2.24. The summed E-state index contributed by atoms with van der Waals surface area (Å²) in [5.41, 5.74) is 4.06. The second-order valence-corrected chi connectivity index (χ2v) is 7.19. The lowest BCUT2D eigenvalue weighted by molar-refractivity contribution is -0.148. The number of hydrazine groups is 1. The topological polar surface area (TPSA) is 160 Å². The standard InChI is InChI=1S/C21H17ClN4O6/c22-15-3-1-2-13(7-15)16-5-4-12(6-14(16)9-23)10-26(11-17(27)21(30)31)24-20(29)18-8-19(28)25-32-18/h1-8,17,27H,10-11H2,(H,24,29)(H,25,28)(H,30,31)/t17-/m1/s1. The number of H-pyrrole nitrogens is 1. The fraction of sp³-hybridized carbons (Fsp3) is 0.143. The molecule has 0 unspecified atom stereocenters. The van der Waals surface area contributed by atoms with Crippen molar-refractivity contribution in [1.29, 1.82) is 5.26 Å². The van der Waals surface area contributed by atoms with Gasteiger partial charge in [0.2, 0.25) is 5.76 Å². The van der Waals surface area contributed by atoms with Crippen molar-refractivity contribution in [2.24, 2.45) is 0 Å². The molecule has 0 spiro atoms. The number of carboxylic acids is 1. The van der Waals surface area contributed by atoms with Crippen LogP contribution in [0.1, 0.15) is 21.7 Å². The summed E-state index contributed by atoms with van der Waals surface area (Å²) in [7, 11) is 0. The maximum absolute atomic E-state index is 12.3. The minimum absolute atomic E-state index is 0.0464. The fourth-order valence-corrected chi connectivity index (χ4v) is 3.13. The van der Waals surface area contributed by atoms with Gasteiger partial charge in [-0.2, -0.15) is 10.4 Å². The van der Waals surface area contributed by atoms with Crippen LogP contribution in [0, 0.1) is 11.3 Å². The van der Waals surface area contributed by atoms with E-state index in [1.807, 2.05) is 11.2 Å². The monoisotopic (exact) mass is 456 g/mol. The lowest BCUT2D eigenvalue weighted by Crippen LogP contribution is -2.47. The van der Waals surface area contributed by atoms with Gasteiger partial charge < -0.3 is 14.7 Å². The average molecular weight is 457 g/mol. The van der Waals surface area contributed by atoms with Crippen LogP contribution >= 0.6 is 11.6 Å². The molecule has 3 aromatic rings. The van der Waals surface area contributed by atoms with Gasteiger partial charge in [0, 0.05) is 11.6 Å². The van der Waals surface area contributed by atoms with Gasteiger partial charge in [-0.3, -0.25) is 15.0 Å². The average Bonchev–Trinajstić information content (AvgIpc) is 3.20. The van der Waals surface area contributed by atoms with Gasteiger partial charge in [0.25, 0.3) is 5.56 Å². The summed E-state index contributed by atoms with van der Waals surface area (Å²) in [6.07, 6.45) is -1.80. The highest BCUT2D eigenvalue weighted by atomic mass is 35.5. The first-order chi connectivity index (χ1) is 15.3. The van der Waals surface area contributed by atoms with Gasteiger partial charge >= 0.3 is 11.9 Å². The predicted octanol–water partition coefficient (Wildman–Crippen LogP) is 1.75. The Morgan fingerprint density at radius 1 is 1.25 bits per heavy atom. The predicted molar refractivity (Wildman–Crippen MR) is 112 cm³/mol. The fourth-order valence-electron chi connectivity index (χ4n) is 2.94. The number of hydrogen-bond acceptors (Lipinski definition) is 7. The highest BCUT2D eigenvalue weighted by molar-refractivity contribution is 6.30. The van der Waals surface area contributed by atoms with Crippen LogP contribution in [0.25, 0.3) is 11.1 Å². The molecule has 0 saturated carbocycles. The molecule has 0 fully saturated rings. The Hall–Kier alpha value is -3.91. The van der Waals surface area contributed by atoms with E-state index in [1.165, 1.54) is 0 Å². The summed E-state index contributed by atoms with van der Waals surface area (Å²) >= 11 is 6.03. The number of aromatic nitrogens is 1. The molecular formula is C21H17ClN4O6. The van der Waals surface area contributed by atoms with Crippen molar-refractivity contribution in [1.82, 2.24) is 15.6 Å². The Morgan fingerprint density at radius 2 is 2.03 bits per heavy atom. The third-order valence-corrected chi connectivity index (χ3v) is 4.63. The van der Waals surface area contributed by atoms with Crippen molar-refractivity contribution in [3.8, 4) is 17.2 Å². The van der Waals surface area contributed by atoms with Crippen molar-refractivity contribution in [2.75, 3.05) is 6.54 Å². The molecule has 1 aromatic heterocycles. The number of nitrogens with one attached hydrogen (secondary N) is 2. The zero-order valence-electron chi connectivity index (χ0n) is 16.4. The van der Waals surface area contributed by atoms with E-state index in [2.05, 4.69) is 11.5 Å². The van der Waals surface area contributed by atoms with Crippen LogP contribution < -0.4 is 11.0 Å². The molecule has 1 atom stereocenters. The minimum atomic E-state index is -1.80. The molecule has 164 valence electrons. The number of halogens is 1. The molecule has 0 aliphatic rings. The maximum atomic E-state index is 12.3. The molecule has 0 radical (unpaired) electrons. The number of rotatable bonds is 8. The van der Waals surface area contributed by atoms with Crippen LogP contribution in [0.3, 0.4) is 0 Å². The van der Waals surface area contributed by atoms with E-state index in [0.717, 1.165) is 16.6 Å². The molecule has 0 bridgehead atoms. The number of aliphatic hydroxyl groups is 1. The van der Waals surface area contributed by atoms with Crippen LogP contribution in [-0.2, 0) is 11.3 Å². The lowest BCUT2D eigenvalue weighted by atomic mass is 9.98. The molecule has 11 heteroatoms. The van der Waals surface area contributed by atoms with Crippen LogP contribution in [0.5, 0.6) is 0 Å². The van der Waals surface area contributed by atoms with E-state index < -0.39 is 30.1 Å². The summed E-state index contributed by atoms with van der Waals surface area (Å²) in [5.74, 6) is -2.62. The number of benzene rings is 2. The number of carboxylic acid groups (broad SMARTS) is 1. The normalized spacial score (nSPS) is 11.7. The number of aliphatic hydroxyl groups excluding tert-OH is 1. The van der Waals surface area contributed by atoms with Crippen LogP contribution in [0.4, 0.5) is 0 Å². The molecule has 1 amide bonds. The Labute approximate surface area is 186 Å². The van der Waals surface area contributed by atoms with Crippen LogP contribution in [0.2, 0.25) is 5.02 Å². The van der Waals surface area contributed by atoms with Gasteiger partial charge in [0.05, 0.1) is 24.2 Å². The number of hydrogen-bond donors (Lipinski definition) is 4. The first kappa shape index (κ1) is 22.8. The van der Waals surface area contributed by atoms with E-state index >= 15 is 0 Å². The molecule has 0 saturated heterocycles. The largest absolute Gasteiger partial charge is 0.479 e. The van der Waals surface area contributed by atoms with Gasteiger partial charge in [0.15, 0.2) is 6.10 Å². The molecule has 0 aliphatic heterocycles. The maximum Gasteiger partial charge on any atom is 0.333 e. The summed E-state index contributed by atoms with van der Waals surface area (Å²) < 4.78 is 4.73. The SMILES string of the molecule is N#Cc1cc(CN(C[C@@H](O)C(=O)O)NC(=O)c2cc(=O)[nH]o2)ccc1-c1cccc(Cl)c1. The van der Waals surface area contributed by atoms with Crippen LogP contribution in [-0.4, -0.2) is 44.9 Å². The number of carbonyl (C=O) groups is 2. The molecule has 10 nitrogen and oxygen atoms in total. The Bertz CT molecular complexity index is 1250. The zero-order valence-corrected chi connectivity index (χ0v) is 17.2. The molecule has 3 rings (SSSR count). The number of carbonyl (C=O) groups excluding carboxylic acids is 1. The van der Waals surface area contributed by atoms with E-state index in [4.69, 9.17) is 21.2 Å². The highest BCUT2D eigenvalue weighted by Crippen LogP contribution is 2.27. The number of aromatic amines is 1. The third-order valence-electron chi connectivity index (χ3n) is 4.40. The third kappa shape index (κ3) is 5.61. The molecule has 4 N–H and O–H groups in total. The zero-order chi connectivity index (χ0) is 23.3. The van der Waals surface area contributed by atoms with Gasteiger partial charge in [-0.25, -0.2) is 9.80 Å². The van der Waals surface area contributed by atoms with E-state index in [9.17, 15) is 24.8 Å². The van der Waals surface area contributed by atoms with E-state index in [0.29, 0.717) is 21.7 Å². The number of nitriles is 1. The smallest absolute Gasteiger partial charge is 0.333 e. The second kappa shape index (κ2) is 9.93. The van der Waals surface area contributed by atoms with Gasteiger partial charge in [-0.05, 0) is 34.9 Å². The van der Waals surface area contributed by atoms with Crippen molar-refractivity contribution in [3.63, 3.8) is 0 Å². The van der Waals surface area contributed by atoms with Crippen molar-refractivity contribution in [3.05, 3.63) is 80.8 Å². The van der Waals surface area contributed by atoms with Crippen LogP contribution in [0.15, 0.2) is 57.8 Å². The summed E-state index contributed by atoms with van der Waals surface area (Å²) in [4.78, 5) is 34.6. The second-order valence-electron chi connectivity index (χ2n) is 6.75. The molecular weight excluding hydrogens is 440 g/mol. The summed E-state index contributed by atoms with van der Waals surface area (Å²) in [6.45, 7) is -0.511. The number of amides is 1. The van der Waals surface area contributed by atoms with E-state index in [1.54, 1.807) is 36.4 Å². The van der Waals surface area contributed by atoms with Gasteiger partial charge in [-0.1, -0.05) is 35.9 Å². The van der Waals surface area contributed by atoms with Crippen molar-refractivity contribution in [2.45, 2.75) is 12.6 Å². The number of aliphatic carboxylic acids is 1. The quantitative estimate of drug-likeness (QED) is 0.373. The van der Waals surface area contributed by atoms with E-state index in [-0.39, 0.29) is 12.3 Å². The van der Waals surface area contributed by atoms with Crippen molar-refractivity contribution < 1.29 is 24.3 Å². The van der Waals surface area contributed by atoms with Gasteiger partial charge in [-0.15, -0.1) is 0 Å². The Kier molecular flexibility index (Phi) is 7.07. The first-order valence-electron chi connectivity index (χ1n) is 9.21. The molecule has 1 heterocycles. The van der Waals surface area contributed by atoms with Gasteiger partial charge in [0.1, 0.15) is 0 Å². The minimum Gasteiger partial charge on any atom is -0.479 e. The Morgan fingerprint density at radius 3 is 2.66 bits per heavy atom. The summed E-state index contributed by atoms with van der Waals surface area (Å²) in [6, 6.07) is 15.0. The number of nitrogens with zero attached hydrogens (tertiary/aromatic N) is 2. The highest BCUT2D eigenvalue weighted by Gasteiger charge is 2.22. The van der Waals surface area contributed by atoms with Crippen molar-refractivity contribution >= 4 is 23.5 Å². The first-order valence-corrected chi connectivity index (χ1v) is 9.59. The Balaban J connectivity index is 1.86. The molecule has 2 aromatic carbocycles. The molecule has 0 aliphatic carbocycles.